The van der Waals surface area contributed by atoms with E-state index < -0.39 is 0 Å². The lowest BCUT2D eigenvalue weighted by Gasteiger charge is -2.18. The van der Waals surface area contributed by atoms with Crippen molar-refractivity contribution in [1.82, 2.24) is 10.2 Å². The molecular weight excluding hydrogens is 410 g/mol. The summed E-state index contributed by atoms with van der Waals surface area (Å²) in [4.78, 5) is 2.36. The Balaban J connectivity index is 0.00000338. The minimum Gasteiger partial charge on any atom is -0.488 e. The van der Waals surface area contributed by atoms with E-state index in [0.717, 1.165) is 37.5 Å². The standard InChI is InChI=1S/C20H26ClFN2O.2ClH/c1-3-24(4-2)12-11-23-14-17-13-18(21)9-10-20(17)25-15-16-7-5-6-8-19(16)22;;/h5-10,13,23H,3-4,11-12,14-15H2,1-2H3;2*1H. The van der Waals surface area contributed by atoms with E-state index in [-0.39, 0.29) is 37.2 Å². The third kappa shape index (κ3) is 8.67. The van der Waals surface area contributed by atoms with Gasteiger partial charge in [-0.3, -0.25) is 0 Å². The smallest absolute Gasteiger partial charge is 0.129 e. The average molecular weight is 438 g/mol. The number of nitrogens with one attached hydrogen (secondary N) is 1. The number of ether oxygens (including phenoxy) is 1. The zero-order valence-corrected chi connectivity index (χ0v) is 18.1. The Morgan fingerprint density at radius 3 is 2.41 bits per heavy atom. The predicted octanol–water partition coefficient (Wildman–Crippen LogP) is 5.33. The van der Waals surface area contributed by atoms with Crippen LogP contribution in [0.4, 0.5) is 4.39 Å². The van der Waals surface area contributed by atoms with Crippen molar-refractivity contribution in [2.45, 2.75) is 27.0 Å². The van der Waals surface area contributed by atoms with E-state index in [4.69, 9.17) is 16.3 Å². The summed E-state index contributed by atoms with van der Waals surface area (Å²) in [5, 5.41) is 4.09. The fraction of sp³-hybridized carbons (Fsp3) is 0.400. The van der Waals surface area contributed by atoms with Gasteiger partial charge in [0.25, 0.3) is 0 Å². The van der Waals surface area contributed by atoms with Crippen LogP contribution >= 0.6 is 36.4 Å². The number of likely N-dealkylation sites (N-methyl/N-ethyl adjacent to an activating group) is 1. The Morgan fingerprint density at radius 2 is 1.74 bits per heavy atom. The molecule has 0 amide bonds. The van der Waals surface area contributed by atoms with Crippen LogP contribution in [0.2, 0.25) is 5.02 Å². The van der Waals surface area contributed by atoms with Gasteiger partial charge in [0.1, 0.15) is 18.2 Å². The Bertz CT molecular complexity index is 669. The van der Waals surface area contributed by atoms with E-state index in [1.165, 1.54) is 6.07 Å². The molecule has 0 fully saturated rings. The fourth-order valence-electron chi connectivity index (χ4n) is 2.60. The maximum atomic E-state index is 13.7. The molecule has 0 aliphatic carbocycles. The van der Waals surface area contributed by atoms with Crippen LogP contribution < -0.4 is 10.1 Å². The third-order valence-electron chi connectivity index (χ3n) is 4.18. The molecule has 0 radical (unpaired) electrons. The topological polar surface area (TPSA) is 24.5 Å². The second-order valence-corrected chi connectivity index (χ2v) is 6.27. The Morgan fingerprint density at radius 1 is 1.04 bits per heavy atom. The highest BCUT2D eigenvalue weighted by atomic mass is 35.5. The predicted molar refractivity (Wildman–Crippen MR) is 116 cm³/mol. The van der Waals surface area contributed by atoms with Crippen LogP contribution in [0.15, 0.2) is 42.5 Å². The summed E-state index contributed by atoms with van der Waals surface area (Å²) in [7, 11) is 0. The molecule has 0 aromatic heterocycles. The summed E-state index contributed by atoms with van der Waals surface area (Å²) in [5.74, 6) is 0.471. The first-order chi connectivity index (χ1) is 12.1. The normalized spacial score (nSPS) is 10.3. The number of halogens is 4. The summed E-state index contributed by atoms with van der Waals surface area (Å²) >= 11 is 6.12. The molecule has 0 spiro atoms. The highest BCUT2D eigenvalue weighted by Crippen LogP contribution is 2.24. The lowest BCUT2D eigenvalue weighted by molar-refractivity contribution is 0.292. The van der Waals surface area contributed by atoms with Crippen molar-refractivity contribution in [2.24, 2.45) is 0 Å². The second kappa shape index (κ2) is 14.0. The molecule has 0 aliphatic heterocycles. The molecule has 152 valence electrons. The molecule has 0 saturated carbocycles. The van der Waals surface area contributed by atoms with Crippen molar-refractivity contribution < 1.29 is 9.13 Å². The highest BCUT2D eigenvalue weighted by molar-refractivity contribution is 6.30. The Kier molecular flexibility index (Phi) is 13.5. The average Bonchev–Trinajstić information content (AvgIpc) is 2.62. The van der Waals surface area contributed by atoms with Crippen molar-refractivity contribution in [1.29, 1.82) is 0 Å². The Labute approximate surface area is 179 Å². The van der Waals surface area contributed by atoms with Gasteiger partial charge < -0.3 is 15.0 Å². The zero-order chi connectivity index (χ0) is 18.1. The quantitative estimate of drug-likeness (QED) is 0.508. The monoisotopic (exact) mass is 436 g/mol. The van der Waals surface area contributed by atoms with Gasteiger partial charge >= 0.3 is 0 Å². The van der Waals surface area contributed by atoms with Crippen LogP contribution in [0.3, 0.4) is 0 Å². The van der Waals surface area contributed by atoms with Crippen molar-refractivity contribution >= 4 is 36.4 Å². The lowest BCUT2D eigenvalue weighted by Crippen LogP contribution is -2.31. The number of nitrogens with zero attached hydrogens (tertiary/aromatic N) is 1. The molecule has 27 heavy (non-hydrogen) atoms. The molecule has 0 heterocycles. The van der Waals surface area contributed by atoms with Crippen molar-refractivity contribution in [3.05, 3.63) is 64.4 Å². The third-order valence-corrected chi connectivity index (χ3v) is 4.41. The SMILES string of the molecule is CCN(CC)CCNCc1cc(Cl)ccc1OCc1ccccc1F.Cl.Cl. The molecule has 0 aliphatic rings. The van der Waals surface area contributed by atoms with Gasteiger partial charge in [-0.15, -0.1) is 24.8 Å². The van der Waals surface area contributed by atoms with E-state index in [9.17, 15) is 4.39 Å². The van der Waals surface area contributed by atoms with Gasteiger partial charge in [0.15, 0.2) is 0 Å². The highest BCUT2D eigenvalue weighted by Gasteiger charge is 2.08. The van der Waals surface area contributed by atoms with Crippen LogP contribution in [-0.2, 0) is 13.2 Å². The number of hydrogen-bond donors (Lipinski definition) is 1. The van der Waals surface area contributed by atoms with Crippen molar-refractivity contribution in [3.63, 3.8) is 0 Å². The minimum absolute atomic E-state index is 0. The maximum Gasteiger partial charge on any atom is 0.129 e. The van der Waals surface area contributed by atoms with E-state index in [2.05, 4.69) is 24.1 Å². The van der Waals surface area contributed by atoms with Gasteiger partial charge in [-0.25, -0.2) is 4.39 Å². The lowest BCUT2D eigenvalue weighted by atomic mass is 10.2. The molecule has 7 heteroatoms. The number of benzene rings is 2. The Hall–Kier alpha value is -1.04. The molecule has 0 bridgehead atoms. The molecular formula is C20H28Cl3FN2O. The molecule has 3 nitrogen and oxygen atoms in total. The van der Waals surface area contributed by atoms with Gasteiger partial charge in [-0.05, 0) is 37.4 Å². The van der Waals surface area contributed by atoms with Crippen LogP contribution in [0.1, 0.15) is 25.0 Å². The summed E-state index contributed by atoms with van der Waals surface area (Å²) < 4.78 is 19.6. The van der Waals surface area contributed by atoms with Crippen LogP contribution in [0.5, 0.6) is 5.75 Å². The van der Waals surface area contributed by atoms with Gasteiger partial charge in [0.2, 0.25) is 0 Å². The van der Waals surface area contributed by atoms with E-state index in [1.807, 2.05) is 12.1 Å². The first-order valence-electron chi connectivity index (χ1n) is 8.71. The first kappa shape index (κ1) is 26.0. The van der Waals surface area contributed by atoms with E-state index in [0.29, 0.717) is 17.1 Å². The van der Waals surface area contributed by atoms with Gasteiger partial charge in [-0.2, -0.15) is 0 Å². The summed E-state index contributed by atoms with van der Waals surface area (Å²) in [6.45, 7) is 9.16. The van der Waals surface area contributed by atoms with Gasteiger partial charge in [-0.1, -0.05) is 43.6 Å². The van der Waals surface area contributed by atoms with Crippen molar-refractivity contribution in [3.8, 4) is 5.75 Å². The molecule has 0 unspecified atom stereocenters. The zero-order valence-electron chi connectivity index (χ0n) is 15.7. The fourth-order valence-corrected chi connectivity index (χ4v) is 2.79. The molecule has 2 aromatic rings. The molecule has 0 saturated heterocycles. The minimum atomic E-state index is -0.254. The number of hydrogen-bond acceptors (Lipinski definition) is 3. The van der Waals surface area contributed by atoms with E-state index in [1.54, 1.807) is 24.3 Å². The summed E-state index contributed by atoms with van der Waals surface area (Å²) in [6.07, 6.45) is 0. The molecule has 0 atom stereocenters. The van der Waals surface area contributed by atoms with Gasteiger partial charge in [0.05, 0.1) is 0 Å². The molecule has 2 rings (SSSR count). The maximum absolute atomic E-state index is 13.7. The van der Waals surface area contributed by atoms with Gasteiger partial charge in [0, 0.05) is 35.8 Å². The largest absolute Gasteiger partial charge is 0.488 e. The first-order valence-corrected chi connectivity index (χ1v) is 9.09. The molecule has 1 N–H and O–H groups in total. The van der Waals surface area contributed by atoms with Crippen LogP contribution in [-0.4, -0.2) is 31.1 Å². The number of rotatable bonds is 10. The van der Waals surface area contributed by atoms with Crippen LogP contribution in [0, 0.1) is 5.82 Å². The summed E-state index contributed by atoms with van der Waals surface area (Å²) in [6, 6.07) is 12.2. The van der Waals surface area contributed by atoms with E-state index >= 15 is 0 Å². The van der Waals surface area contributed by atoms with Crippen LogP contribution in [0.25, 0.3) is 0 Å². The molecule has 2 aromatic carbocycles. The summed E-state index contributed by atoms with van der Waals surface area (Å²) in [5.41, 5.74) is 1.52. The van der Waals surface area contributed by atoms with Crippen molar-refractivity contribution in [2.75, 3.05) is 26.2 Å². The second-order valence-electron chi connectivity index (χ2n) is 5.84.